The van der Waals surface area contributed by atoms with Gasteiger partial charge in [0.25, 0.3) is 0 Å². The summed E-state index contributed by atoms with van der Waals surface area (Å²) >= 11 is 0. The van der Waals surface area contributed by atoms with Gasteiger partial charge in [0.1, 0.15) is 7.95 Å². The van der Waals surface area contributed by atoms with Crippen LogP contribution in [-0.2, 0) is 4.57 Å². The smallest absolute Gasteiger partial charge is 0.138 e. The van der Waals surface area contributed by atoms with Crippen molar-refractivity contribution in [1.29, 1.82) is 0 Å². The van der Waals surface area contributed by atoms with E-state index in [-0.39, 0.29) is 0 Å². The molecule has 0 bridgehead atoms. The largest absolute Gasteiger partial charge is 0.310 e. The minimum Gasteiger partial charge on any atom is -0.310 e. The average Bonchev–Trinajstić information content (AvgIpc) is 1.65. The number of nitrogens with one attached hydrogen (secondary N) is 1. The molecule has 1 atom stereocenters. The second-order valence-electron chi connectivity index (χ2n) is 1.77. The van der Waals surface area contributed by atoms with Gasteiger partial charge in [0, 0.05) is 5.66 Å². The van der Waals surface area contributed by atoms with Gasteiger partial charge < -0.3 is 4.57 Å². The third-order valence-corrected chi connectivity index (χ3v) is 2.31. The van der Waals surface area contributed by atoms with Crippen LogP contribution in [0.15, 0.2) is 0 Å². The Balaban J connectivity index is 3.35. The van der Waals surface area contributed by atoms with Gasteiger partial charge in [-0.25, -0.2) is 0 Å². The van der Waals surface area contributed by atoms with Crippen molar-refractivity contribution in [3.63, 3.8) is 0 Å². The minimum absolute atomic E-state index is 0.301. The lowest BCUT2D eigenvalue weighted by molar-refractivity contribution is 0.577. The van der Waals surface area contributed by atoms with E-state index in [4.69, 9.17) is 0 Å². The van der Waals surface area contributed by atoms with E-state index in [0.717, 1.165) is 0 Å². The second-order valence-corrected chi connectivity index (χ2v) is 4.15. The molecule has 0 aromatic rings. The van der Waals surface area contributed by atoms with E-state index >= 15 is 0 Å². The van der Waals surface area contributed by atoms with Crippen LogP contribution >= 0.6 is 7.95 Å². The molecule has 7 heavy (non-hydrogen) atoms. The maximum Gasteiger partial charge on any atom is 0.138 e. The summed E-state index contributed by atoms with van der Waals surface area (Å²) < 4.78 is 10.6. The van der Waals surface area contributed by atoms with Crippen molar-refractivity contribution >= 4 is 7.95 Å². The molecule has 0 aliphatic rings. The molecular weight excluding hydrogens is 109 g/mol. The Kier molecular flexibility index (Phi) is 3.31. The van der Waals surface area contributed by atoms with Crippen molar-refractivity contribution in [2.75, 3.05) is 7.05 Å². The maximum absolute atomic E-state index is 10.6. The van der Waals surface area contributed by atoms with Crippen molar-refractivity contribution in [3.05, 3.63) is 0 Å². The van der Waals surface area contributed by atoms with Crippen LogP contribution in [0.4, 0.5) is 0 Å². The molecule has 0 heterocycles. The van der Waals surface area contributed by atoms with E-state index in [9.17, 15) is 4.57 Å². The Bertz CT molecular complexity index is 72.1. The molecule has 0 aliphatic heterocycles. The highest BCUT2D eigenvalue weighted by Crippen LogP contribution is 2.19. The summed E-state index contributed by atoms with van der Waals surface area (Å²) in [5.41, 5.74) is 0.301. The van der Waals surface area contributed by atoms with Crippen LogP contribution in [0.5, 0.6) is 0 Å². The van der Waals surface area contributed by atoms with Crippen molar-refractivity contribution in [2.45, 2.75) is 19.5 Å². The Morgan fingerprint density at radius 1 is 1.57 bits per heavy atom. The Hall–Kier alpha value is 0.190. The van der Waals surface area contributed by atoms with Crippen LogP contribution in [0.1, 0.15) is 13.8 Å². The van der Waals surface area contributed by atoms with E-state index in [1.54, 1.807) is 7.05 Å². The van der Waals surface area contributed by atoms with Crippen molar-refractivity contribution < 1.29 is 4.57 Å². The fourth-order valence-electron chi connectivity index (χ4n) is 0.289. The average molecular weight is 121 g/mol. The first-order valence-electron chi connectivity index (χ1n) is 2.40. The molecule has 1 N–H and O–H groups in total. The summed E-state index contributed by atoms with van der Waals surface area (Å²) in [4.78, 5) is 0. The highest BCUT2D eigenvalue weighted by Gasteiger charge is 1.97. The summed E-state index contributed by atoms with van der Waals surface area (Å²) in [6.07, 6.45) is 0. The first-order valence-corrected chi connectivity index (χ1v) is 3.88. The van der Waals surface area contributed by atoms with Gasteiger partial charge in [0.2, 0.25) is 0 Å². The summed E-state index contributed by atoms with van der Waals surface area (Å²) in [6.45, 7) is 3.88. The van der Waals surface area contributed by atoms with Gasteiger partial charge in [-0.2, -0.15) is 0 Å². The van der Waals surface area contributed by atoms with Crippen LogP contribution in [-0.4, -0.2) is 12.7 Å². The van der Waals surface area contributed by atoms with Gasteiger partial charge in [-0.1, -0.05) is 13.8 Å². The zero-order chi connectivity index (χ0) is 5.86. The molecule has 1 unspecified atom stereocenters. The lowest BCUT2D eigenvalue weighted by Gasteiger charge is -1.99. The number of rotatable bonds is 2. The van der Waals surface area contributed by atoms with Gasteiger partial charge >= 0.3 is 0 Å². The van der Waals surface area contributed by atoms with Gasteiger partial charge in [0.15, 0.2) is 0 Å². The predicted molar refractivity (Wildman–Crippen MR) is 33.2 cm³/mol. The van der Waals surface area contributed by atoms with Crippen molar-refractivity contribution in [1.82, 2.24) is 5.09 Å². The molecule has 44 valence electrons. The summed E-state index contributed by atoms with van der Waals surface area (Å²) in [5, 5.41) is 2.71. The molecule has 0 saturated carbocycles. The van der Waals surface area contributed by atoms with Crippen molar-refractivity contribution in [2.24, 2.45) is 0 Å². The summed E-state index contributed by atoms with van der Waals surface area (Å²) in [7, 11) is 0.278. The molecule has 2 nitrogen and oxygen atoms in total. The quantitative estimate of drug-likeness (QED) is 0.554. The van der Waals surface area contributed by atoms with Gasteiger partial charge in [-0.05, 0) is 7.05 Å². The molecule has 3 heteroatoms. The lowest BCUT2D eigenvalue weighted by atomic mass is 10.6. The van der Waals surface area contributed by atoms with Gasteiger partial charge in [-0.3, -0.25) is 5.09 Å². The second kappa shape index (κ2) is 3.23. The zero-order valence-corrected chi connectivity index (χ0v) is 5.99. The lowest BCUT2D eigenvalue weighted by Crippen LogP contribution is -1.99. The summed E-state index contributed by atoms with van der Waals surface area (Å²) in [5.74, 6) is 0. The first-order chi connectivity index (χ1) is 3.18. The van der Waals surface area contributed by atoms with Crippen LogP contribution in [0, 0.1) is 0 Å². The van der Waals surface area contributed by atoms with Crippen LogP contribution < -0.4 is 5.09 Å². The van der Waals surface area contributed by atoms with Crippen LogP contribution in [0.3, 0.4) is 0 Å². The standard InChI is InChI=1S/C4H12NOP/c1-4(2)7(6)5-3/h4,7H,1-3H3,(H,5,6). The third kappa shape index (κ3) is 2.84. The fourth-order valence-corrected chi connectivity index (χ4v) is 0.866. The highest BCUT2D eigenvalue weighted by molar-refractivity contribution is 7.43. The molecule has 0 radical (unpaired) electrons. The molecule has 0 saturated heterocycles. The minimum atomic E-state index is -1.45. The molecule has 0 aromatic heterocycles. The van der Waals surface area contributed by atoms with E-state index in [1.807, 2.05) is 13.8 Å². The van der Waals surface area contributed by atoms with Gasteiger partial charge in [0.05, 0.1) is 0 Å². The topological polar surface area (TPSA) is 29.1 Å². The van der Waals surface area contributed by atoms with Crippen molar-refractivity contribution in [3.8, 4) is 0 Å². The Labute approximate surface area is 45.1 Å². The molecular formula is C4H12NOP. The van der Waals surface area contributed by atoms with Crippen LogP contribution in [0.2, 0.25) is 0 Å². The zero-order valence-electron chi connectivity index (χ0n) is 4.99. The Morgan fingerprint density at radius 3 is 2.00 bits per heavy atom. The molecule has 0 fully saturated rings. The number of hydrogen-bond donors (Lipinski definition) is 1. The first kappa shape index (κ1) is 7.19. The molecule has 0 spiro atoms. The van der Waals surface area contributed by atoms with Gasteiger partial charge in [-0.15, -0.1) is 0 Å². The maximum atomic E-state index is 10.6. The molecule has 0 aliphatic carbocycles. The van der Waals surface area contributed by atoms with Crippen LogP contribution in [0.25, 0.3) is 0 Å². The third-order valence-electron chi connectivity index (χ3n) is 0.771. The molecule has 0 rings (SSSR count). The normalized spacial score (nSPS) is 14.9. The predicted octanol–water partition coefficient (Wildman–Crippen LogP) is 1.09. The van der Waals surface area contributed by atoms with E-state index in [0.29, 0.717) is 5.66 Å². The summed E-state index contributed by atoms with van der Waals surface area (Å²) in [6, 6.07) is 0. The Morgan fingerprint density at radius 2 is 2.00 bits per heavy atom. The van der Waals surface area contributed by atoms with E-state index < -0.39 is 7.95 Å². The molecule has 0 aromatic carbocycles. The SMILES string of the molecule is CN[PH](=O)C(C)C. The number of hydrogen-bond acceptors (Lipinski definition) is 1. The highest BCUT2D eigenvalue weighted by atomic mass is 31.1. The van der Waals surface area contributed by atoms with E-state index in [1.165, 1.54) is 0 Å². The monoisotopic (exact) mass is 121 g/mol. The molecule has 0 amide bonds. The van der Waals surface area contributed by atoms with E-state index in [2.05, 4.69) is 5.09 Å². The fraction of sp³-hybridized carbons (Fsp3) is 1.00.